The minimum absolute atomic E-state index is 0.173. The minimum atomic E-state index is -0.998. The predicted molar refractivity (Wildman–Crippen MR) is 143 cm³/mol. The molecule has 0 bridgehead atoms. The van der Waals surface area contributed by atoms with Gasteiger partial charge in [0.1, 0.15) is 0 Å². The standard InChI is InChI=1S/C29H36N4O3/c34-28-25-13-6-5-12-24(25)27(29(35)36)26(33(28)23-10-3-1-4-11-23)22-32-20-18-31(19-21-32)17-9-16-30-14-7-2-8-15-30/h1,3-6,10-13H,2,7-9,14-22H2,(H,35,36). The fourth-order valence-electron chi connectivity index (χ4n) is 5.72. The number of piperidine rings is 1. The van der Waals surface area contributed by atoms with Crippen molar-refractivity contribution in [1.29, 1.82) is 0 Å². The van der Waals surface area contributed by atoms with E-state index in [4.69, 9.17) is 0 Å². The van der Waals surface area contributed by atoms with E-state index in [1.165, 1.54) is 45.3 Å². The lowest BCUT2D eigenvalue weighted by Crippen LogP contribution is -2.47. The smallest absolute Gasteiger partial charge is 0.338 e. The zero-order valence-corrected chi connectivity index (χ0v) is 20.9. The Morgan fingerprint density at radius 3 is 1.97 bits per heavy atom. The molecule has 2 aliphatic heterocycles. The highest BCUT2D eigenvalue weighted by Gasteiger charge is 2.25. The number of carboxylic acids is 1. The van der Waals surface area contributed by atoms with Crippen molar-refractivity contribution in [3.05, 3.63) is 76.2 Å². The Morgan fingerprint density at radius 1 is 0.722 bits per heavy atom. The van der Waals surface area contributed by atoms with Gasteiger partial charge in [-0.1, -0.05) is 42.8 Å². The summed E-state index contributed by atoms with van der Waals surface area (Å²) >= 11 is 0. The van der Waals surface area contributed by atoms with E-state index in [0.29, 0.717) is 28.7 Å². The maximum Gasteiger partial charge on any atom is 0.338 e. The molecule has 0 saturated carbocycles. The van der Waals surface area contributed by atoms with Crippen LogP contribution in [0.25, 0.3) is 16.5 Å². The lowest BCUT2D eigenvalue weighted by Gasteiger charge is -2.36. The van der Waals surface area contributed by atoms with E-state index >= 15 is 0 Å². The molecular formula is C29H36N4O3. The molecule has 2 aliphatic rings. The molecule has 3 aromatic rings. The molecule has 1 aromatic heterocycles. The Hall–Kier alpha value is -3.00. The van der Waals surface area contributed by atoms with Crippen molar-refractivity contribution in [2.24, 2.45) is 0 Å². The van der Waals surface area contributed by atoms with E-state index < -0.39 is 5.97 Å². The van der Waals surface area contributed by atoms with Crippen LogP contribution < -0.4 is 5.56 Å². The molecule has 2 saturated heterocycles. The van der Waals surface area contributed by atoms with Crippen LogP contribution in [-0.2, 0) is 6.54 Å². The number of piperazine rings is 1. The molecule has 36 heavy (non-hydrogen) atoms. The zero-order valence-electron chi connectivity index (χ0n) is 20.9. The van der Waals surface area contributed by atoms with Crippen molar-refractivity contribution >= 4 is 16.7 Å². The number of carboxylic acid groups (broad SMARTS) is 1. The molecule has 1 N–H and O–H groups in total. The number of nitrogens with zero attached hydrogens (tertiary/aromatic N) is 4. The summed E-state index contributed by atoms with van der Waals surface area (Å²) in [6.45, 7) is 8.85. The lowest BCUT2D eigenvalue weighted by atomic mass is 10.0. The number of hydrogen-bond donors (Lipinski definition) is 1. The molecule has 7 heteroatoms. The van der Waals surface area contributed by atoms with E-state index in [9.17, 15) is 14.7 Å². The maximum absolute atomic E-state index is 13.6. The van der Waals surface area contributed by atoms with Gasteiger partial charge in [-0.3, -0.25) is 14.3 Å². The highest BCUT2D eigenvalue weighted by atomic mass is 16.4. The first-order valence-corrected chi connectivity index (χ1v) is 13.2. The van der Waals surface area contributed by atoms with Gasteiger partial charge in [-0.15, -0.1) is 0 Å². The molecule has 0 spiro atoms. The molecule has 0 atom stereocenters. The third kappa shape index (κ3) is 5.38. The fourth-order valence-corrected chi connectivity index (χ4v) is 5.72. The average Bonchev–Trinajstić information content (AvgIpc) is 2.91. The number of aromatic carboxylic acids is 1. The van der Waals surface area contributed by atoms with E-state index in [2.05, 4.69) is 14.7 Å². The first-order chi connectivity index (χ1) is 17.6. The highest BCUT2D eigenvalue weighted by molar-refractivity contribution is 6.04. The normalized spacial score (nSPS) is 18.0. The monoisotopic (exact) mass is 488 g/mol. The van der Waals surface area contributed by atoms with Crippen LogP contribution in [0.5, 0.6) is 0 Å². The average molecular weight is 489 g/mol. The summed E-state index contributed by atoms with van der Waals surface area (Å²) in [5, 5.41) is 11.2. The number of fused-ring (bicyclic) bond motifs is 1. The van der Waals surface area contributed by atoms with E-state index in [-0.39, 0.29) is 11.1 Å². The van der Waals surface area contributed by atoms with Crippen molar-refractivity contribution in [2.75, 3.05) is 52.4 Å². The molecular weight excluding hydrogens is 452 g/mol. The van der Waals surface area contributed by atoms with Gasteiger partial charge >= 0.3 is 5.97 Å². The largest absolute Gasteiger partial charge is 0.478 e. The first-order valence-electron chi connectivity index (χ1n) is 13.2. The van der Waals surface area contributed by atoms with Gasteiger partial charge in [0.15, 0.2) is 0 Å². The molecule has 0 unspecified atom stereocenters. The van der Waals surface area contributed by atoms with Gasteiger partial charge in [-0.25, -0.2) is 4.79 Å². The van der Waals surface area contributed by atoms with Crippen molar-refractivity contribution < 1.29 is 9.90 Å². The third-order valence-corrected chi connectivity index (χ3v) is 7.65. The molecule has 0 radical (unpaired) electrons. The number of rotatable bonds is 8. The summed E-state index contributed by atoms with van der Waals surface area (Å²) in [6.07, 6.45) is 5.23. The van der Waals surface area contributed by atoms with Gasteiger partial charge in [0, 0.05) is 49.2 Å². The van der Waals surface area contributed by atoms with Crippen LogP contribution in [0, 0.1) is 0 Å². The van der Waals surface area contributed by atoms with Crippen molar-refractivity contribution in [3.63, 3.8) is 0 Å². The second-order valence-corrected chi connectivity index (χ2v) is 10.0. The number of aromatic nitrogens is 1. The summed E-state index contributed by atoms with van der Waals surface area (Å²) in [4.78, 5) is 33.5. The van der Waals surface area contributed by atoms with Gasteiger partial charge in [-0.05, 0) is 63.6 Å². The quantitative estimate of drug-likeness (QED) is 0.522. The number of hydrogen-bond acceptors (Lipinski definition) is 5. The molecule has 7 nitrogen and oxygen atoms in total. The van der Waals surface area contributed by atoms with Crippen LogP contribution in [0.3, 0.4) is 0 Å². The van der Waals surface area contributed by atoms with Crippen LogP contribution in [0.15, 0.2) is 59.4 Å². The van der Waals surface area contributed by atoms with Crippen molar-refractivity contribution in [1.82, 2.24) is 19.3 Å². The van der Waals surface area contributed by atoms with Crippen LogP contribution in [0.1, 0.15) is 41.7 Å². The Labute approximate surface area is 212 Å². The number of likely N-dealkylation sites (tertiary alicyclic amines) is 1. The summed E-state index contributed by atoms with van der Waals surface area (Å²) in [7, 11) is 0. The van der Waals surface area contributed by atoms with Gasteiger partial charge in [0.2, 0.25) is 0 Å². The van der Waals surface area contributed by atoms with Gasteiger partial charge < -0.3 is 14.9 Å². The van der Waals surface area contributed by atoms with Gasteiger partial charge in [-0.2, -0.15) is 0 Å². The second-order valence-electron chi connectivity index (χ2n) is 10.0. The second kappa shape index (κ2) is 11.4. The van der Waals surface area contributed by atoms with E-state index in [1.54, 1.807) is 28.8 Å². The first kappa shape index (κ1) is 24.7. The van der Waals surface area contributed by atoms with Crippen LogP contribution in [-0.4, -0.2) is 82.7 Å². The Bertz CT molecular complexity index is 1240. The van der Waals surface area contributed by atoms with E-state index in [1.807, 2.05) is 30.3 Å². The van der Waals surface area contributed by atoms with E-state index in [0.717, 1.165) is 32.7 Å². The molecule has 190 valence electrons. The molecule has 2 fully saturated rings. The molecule has 0 amide bonds. The van der Waals surface area contributed by atoms with Gasteiger partial charge in [0.05, 0.1) is 11.3 Å². The summed E-state index contributed by atoms with van der Waals surface area (Å²) < 4.78 is 1.61. The zero-order chi connectivity index (χ0) is 24.9. The topological polar surface area (TPSA) is 69.0 Å². The lowest BCUT2D eigenvalue weighted by molar-refractivity contribution is 0.0693. The minimum Gasteiger partial charge on any atom is -0.478 e. The summed E-state index contributed by atoms with van der Waals surface area (Å²) in [5.41, 5.74) is 1.30. The summed E-state index contributed by atoms with van der Waals surface area (Å²) in [5.74, 6) is -0.998. The molecule has 3 heterocycles. The SMILES string of the molecule is O=C(O)c1c(CN2CCN(CCCN3CCCCC3)CC2)n(-c2ccccc2)c(=O)c2ccccc12. The Morgan fingerprint density at radius 2 is 1.31 bits per heavy atom. The number of carbonyl (C=O) groups is 1. The van der Waals surface area contributed by atoms with Gasteiger partial charge in [0.25, 0.3) is 5.56 Å². The third-order valence-electron chi connectivity index (χ3n) is 7.65. The predicted octanol–water partition coefficient (Wildman–Crippen LogP) is 3.68. The highest BCUT2D eigenvalue weighted by Crippen LogP contribution is 2.24. The van der Waals surface area contributed by atoms with Crippen LogP contribution in [0.4, 0.5) is 0 Å². The molecule has 0 aliphatic carbocycles. The number of pyridine rings is 1. The molecule has 2 aromatic carbocycles. The maximum atomic E-state index is 13.6. The fraction of sp³-hybridized carbons (Fsp3) is 0.448. The Kier molecular flexibility index (Phi) is 7.80. The Balaban J connectivity index is 1.35. The van der Waals surface area contributed by atoms with Crippen LogP contribution in [0.2, 0.25) is 0 Å². The number of benzene rings is 2. The van der Waals surface area contributed by atoms with Crippen molar-refractivity contribution in [3.8, 4) is 5.69 Å². The van der Waals surface area contributed by atoms with Crippen LogP contribution >= 0.6 is 0 Å². The molecule has 5 rings (SSSR count). The van der Waals surface area contributed by atoms with Crippen molar-refractivity contribution in [2.45, 2.75) is 32.2 Å². The summed E-state index contributed by atoms with van der Waals surface area (Å²) in [6, 6.07) is 16.4. The number of para-hydroxylation sites is 1.